The third kappa shape index (κ3) is 8.10. The van der Waals surface area contributed by atoms with Gasteiger partial charge in [-0.1, -0.05) is 5.16 Å². The van der Waals surface area contributed by atoms with Crippen molar-refractivity contribution in [2.24, 2.45) is 10.9 Å². The van der Waals surface area contributed by atoms with E-state index in [0.717, 1.165) is 23.1 Å². The average molecular weight is 667 g/mol. The van der Waals surface area contributed by atoms with Crippen molar-refractivity contribution in [1.29, 1.82) is 0 Å². The van der Waals surface area contributed by atoms with Gasteiger partial charge in [0, 0.05) is 17.3 Å². The quantitative estimate of drug-likeness (QED) is 0.0413. The number of pyridine rings is 1. The second-order valence-electron chi connectivity index (χ2n) is 10.1. The molecule has 2 unspecified atom stereocenters. The summed E-state index contributed by atoms with van der Waals surface area (Å²) in [7, 11) is -5.02. The van der Waals surface area contributed by atoms with Crippen LogP contribution in [0.2, 0.25) is 0 Å². The van der Waals surface area contributed by atoms with Gasteiger partial charge < -0.3 is 36.8 Å². The molecule has 1 fully saturated rings. The molecular formula is C25H30N8O10S2. The van der Waals surface area contributed by atoms with Crippen LogP contribution in [0.1, 0.15) is 26.0 Å². The number of hydrogen-bond acceptors (Lipinski definition) is 15. The van der Waals surface area contributed by atoms with Gasteiger partial charge in [-0.3, -0.25) is 14.1 Å². The first-order valence-corrected chi connectivity index (χ1v) is 15.4. The zero-order valence-corrected chi connectivity index (χ0v) is 25.5. The van der Waals surface area contributed by atoms with Crippen LogP contribution in [0.3, 0.4) is 0 Å². The Labute approximate surface area is 260 Å². The van der Waals surface area contributed by atoms with Crippen LogP contribution in [-0.4, -0.2) is 94.0 Å². The number of carbonyl (C=O) groups excluding carboxylic acids is 2. The third-order valence-electron chi connectivity index (χ3n) is 6.40. The number of aromatic nitrogens is 2. The number of benzene rings is 1. The summed E-state index contributed by atoms with van der Waals surface area (Å²) in [5, 5.41) is 21.5. The van der Waals surface area contributed by atoms with Gasteiger partial charge in [0.2, 0.25) is 0 Å². The van der Waals surface area contributed by atoms with E-state index in [-0.39, 0.29) is 10.8 Å². The molecule has 1 aromatic carbocycles. The standard InChI is InChI=1S/C25H30N8O10S2/c1-25(2)20(22(35)33(25)43-45(38,39)40)31-21(34)19(16-12-44-24(27)30-16)32-42-17(23(36)37)11-41-14-5-6-15-13(10-14)4-7-18(29-15)28-9-3-8-26/h4-7,10,12,17,20H,3,8-9,11,26H2,1-2H3,(H2,27,30)(H,28,29)(H,31,34)(H,36,37)(H,38,39,40)/b32-19-. The number of hydrogen-bond donors (Lipinski definition) is 6. The van der Waals surface area contributed by atoms with Crippen LogP contribution in [-0.2, 0) is 33.9 Å². The first-order chi connectivity index (χ1) is 21.2. The number of ether oxygens (including phenoxy) is 1. The van der Waals surface area contributed by atoms with Crippen molar-refractivity contribution in [3.8, 4) is 5.75 Å². The van der Waals surface area contributed by atoms with Crippen molar-refractivity contribution in [1.82, 2.24) is 20.3 Å². The molecule has 242 valence electrons. The maximum absolute atomic E-state index is 13.2. The lowest BCUT2D eigenvalue weighted by atomic mass is 9.84. The van der Waals surface area contributed by atoms with Crippen LogP contribution in [0.5, 0.6) is 5.75 Å². The number of carboxylic acid groups (broad SMARTS) is 1. The summed E-state index contributed by atoms with van der Waals surface area (Å²) in [4.78, 5) is 51.3. The normalized spacial score (nSPS) is 17.0. The molecule has 1 aliphatic rings. The first-order valence-electron chi connectivity index (χ1n) is 13.2. The average Bonchev–Trinajstić information content (AvgIpc) is 3.41. The van der Waals surface area contributed by atoms with Crippen LogP contribution in [0.4, 0.5) is 10.9 Å². The fourth-order valence-electron chi connectivity index (χ4n) is 4.07. The zero-order valence-electron chi connectivity index (χ0n) is 23.9. The van der Waals surface area contributed by atoms with E-state index in [2.05, 4.69) is 30.0 Å². The molecule has 2 atom stereocenters. The molecule has 4 rings (SSSR count). The number of nitrogens with one attached hydrogen (secondary N) is 2. The number of nitrogen functional groups attached to an aromatic ring is 1. The van der Waals surface area contributed by atoms with Gasteiger partial charge in [0.15, 0.2) is 10.8 Å². The molecule has 2 aromatic heterocycles. The van der Waals surface area contributed by atoms with E-state index < -0.39 is 58.2 Å². The SMILES string of the molecule is CC1(C)C(NC(=O)/C(=N\OC(COc2ccc3nc(NCCCN)ccc3c2)C(=O)O)c2csc(N)n2)C(=O)N1OS(=O)(=O)O. The summed E-state index contributed by atoms with van der Waals surface area (Å²) in [6, 6.07) is 7.25. The fraction of sp³-hybridized carbons (Fsp3) is 0.360. The minimum absolute atomic E-state index is 0.0562. The van der Waals surface area contributed by atoms with E-state index >= 15 is 0 Å². The van der Waals surface area contributed by atoms with Gasteiger partial charge in [-0.2, -0.15) is 13.5 Å². The highest BCUT2D eigenvalue weighted by Crippen LogP contribution is 2.33. The van der Waals surface area contributed by atoms with E-state index in [1.165, 1.54) is 19.2 Å². The van der Waals surface area contributed by atoms with Crippen molar-refractivity contribution >= 4 is 67.1 Å². The molecule has 0 spiro atoms. The second-order valence-corrected chi connectivity index (χ2v) is 12.0. The van der Waals surface area contributed by atoms with Gasteiger partial charge in [0.25, 0.3) is 17.9 Å². The first kappa shape index (κ1) is 33.3. The number of anilines is 2. The lowest BCUT2D eigenvalue weighted by Gasteiger charge is -2.50. The van der Waals surface area contributed by atoms with Crippen molar-refractivity contribution in [3.05, 3.63) is 41.4 Å². The molecule has 0 radical (unpaired) electrons. The van der Waals surface area contributed by atoms with Gasteiger partial charge in [0.1, 0.15) is 29.9 Å². The number of carboxylic acids is 1. The molecular weight excluding hydrogens is 636 g/mol. The monoisotopic (exact) mass is 666 g/mol. The van der Waals surface area contributed by atoms with Crippen molar-refractivity contribution in [2.75, 3.05) is 30.7 Å². The summed E-state index contributed by atoms with van der Waals surface area (Å²) in [6.07, 6.45) is -0.897. The number of oxime groups is 1. The Balaban J connectivity index is 1.46. The van der Waals surface area contributed by atoms with Crippen molar-refractivity contribution in [3.63, 3.8) is 0 Å². The number of amides is 2. The minimum atomic E-state index is -5.02. The zero-order chi connectivity index (χ0) is 32.9. The van der Waals surface area contributed by atoms with Crippen LogP contribution in [0.15, 0.2) is 40.9 Å². The highest BCUT2D eigenvalue weighted by atomic mass is 32.3. The molecule has 1 aliphatic heterocycles. The number of hydroxylamine groups is 2. The van der Waals surface area contributed by atoms with Gasteiger partial charge in [0.05, 0.1) is 11.1 Å². The molecule has 1 saturated heterocycles. The van der Waals surface area contributed by atoms with Crippen LogP contribution >= 0.6 is 11.3 Å². The smallest absolute Gasteiger partial charge is 0.418 e. The van der Waals surface area contributed by atoms with E-state index in [4.69, 9.17) is 25.6 Å². The summed E-state index contributed by atoms with van der Waals surface area (Å²) in [5.74, 6) is -2.48. The van der Waals surface area contributed by atoms with E-state index in [0.29, 0.717) is 35.2 Å². The minimum Gasteiger partial charge on any atom is -0.489 e. The number of fused-ring (bicyclic) bond motifs is 1. The maximum Gasteiger partial charge on any atom is 0.418 e. The number of nitrogens with zero attached hydrogens (tertiary/aromatic N) is 4. The lowest BCUT2D eigenvalue weighted by molar-refractivity contribution is -0.218. The Morgan fingerprint density at radius 2 is 2.00 bits per heavy atom. The van der Waals surface area contributed by atoms with Gasteiger partial charge >= 0.3 is 16.4 Å². The third-order valence-corrected chi connectivity index (χ3v) is 7.41. The maximum atomic E-state index is 13.2. The molecule has 0 aliphatic carbocycles. The fourth-order valence-corrected chi connectivity index (χ4v) is 5.07. The predicted molar refractivity (Wildman–Crippen MR) is 160 cm³/mol. The van der Waals surface area contributed by atoms with E-state index in [1.807, 2.05) is 6.07 Å². The summed E-state index contributed by atoms with van der Waals surface area (Å²) < 4.78 is 41.0. The molecule has 8 N–H and O–H groups in total. The Bertz CT molecular complexity index is 1730. The Kier molecular flexibility index (Phi) is 10.0. The second kappa shape index (κ2) is 13.6. The summed E-state index contributed by atoms with van der Waals surface area (Å²) in [6.45, 7) is 3.44. The number of rotatable bonds is 15. The molecule has 45 heavy (non-hydrogen) atoms. The van der Waals surface area contributed by atoms with Crippen molar-refractivity contribution < 1.29 is 46.3 Å². The largest absolute Gasteiger partial charge is 0.489 e. The molecule has 3 heterocycles. The molecule has 0 bridgehead atoms. The number of thiazole rings is 1. The topological polar surface area (TPSA) is 271 Å². The number of aliphatic carboxylic acids is 1. The molecule has 20 heteroatoms. The van der Waals surface area contributed by atoms with E-state index in [9.17, 15) is 27.9 Å². The summed E-state index contributed by atoms with van der Waals surface area (Å²) >= 11 is 0.956. The number of nitrogens with two attached hydrogens (primary N) is 2. The van der Waals surface area contributed by atoms with Crippen LogP contribution in [0.25, 0.3) is 10.9 Å². The number of carbonyl (C=O) groups is 3. The van der Waals surface area contributed by atoms with E-state index in [1.54, 1.807) is 24.3 Å². The Hall–Kier alpha value is -4.63. The summed E-state index contributed by atoms with van der Waals surface area (Å²) in [5.41, 5.74) is 9.83. The molecule has 3 aromatic rings. The number of β-lactam (4-membered cyclic amide) rings is 1. The van der Waals surface area contributed by atoms with Gasteiger partial charge in [-0.15, -0.1) is 15.6 Å². The van der Waals surface area contributed by atoms with Crippen LogP contribution in [0, 0.1) is 0 Å². The van der Waals surface area contributed by atoms with Crippen LogP contribution < -0.4 is 26.8 Å². The highest BCUT2D eigenvalue weighted by Gasteiger charge is 2.58. The molecule has 2 amide bonds. The molecule has 18 nitrogen and oxygen atoms in total. The van der Waals surface area contributed by atoms with Crippen molar-refractivity contribution in [2.45, 2.75) is 38.0 Å². The lowest BCUT2D eigenvalue weighted by Crippen LogP contribution is -2.76. The van der Waals surface area contributed by atoms with Gasteiger partial charge in [-0.25, -0.2) is 14.8 Å². The predicted octanol–water partition coefficient (Wildman–Crippen LogP) is 0.127. The van der Waals surface area contributed by atoms with Gasteiger partial charge in [-0.05, 0) is 57.1 Å². The molecule has 0 saturated carbocycles. The Morgan fingerprint density at radius 3 is 2.62 bits per heavy atom. The highest BCUT2D eigenvalue weighted by molar-refractivity contribution is 7.80. The Morgan fingerprint density at radius 1 is 1.24 bits per heavy atom.